The van der Waals surface area contributed by atoms with E-state index in [4.69, 9.17) is 0 Å². The van der Waals surface area contributed by atoms with E-state index in [1.54, 1.807) is 24.7 Å². The minimum absolute atomic E-state index is 0.282. The van der Waals surface area contributed by atoms with Crippen molar-refractivity contribution in [3.05, 3.63) is 95.8 Å². The summed E-state index contributed by atoms with van der Waals surface area (Å²) in [4.78, 5) is 21.7. The molecular formula is C24H20N4O. The molecule has 0 unspecified atom stereocenters. The molecule has 5 heteroatoms. The summed E-state index contributed by atoms with van der Waals surface area (Å²) in [7, 11) is 0. The second-order valence-electron chi connectivity index (χ2n) is 6.61. The van der Waals surface area contributed by atoms with E-state index in [2.05, 4.69) is 39.6 Å². The molecule has 0 saturated carbocycles. The lowest BCUT2D eigenvalue weighted by Gasteiger charge is -2.08. The molecule has 0 bridgehead atoms. The Morgan fingerprint density at radius 1 is 1.07 bits per heavy atom. The number of hydrogen-bond acceptors (Lipinski definition) is 4. The SMILES string of the molecule is CCc1ccc(C=NNC(=O)c2cc(-c3cccnc3)nc3ccccc23)cc1. The molecule has 4 aromatic rings. The average molecular weight is 380 g/mol. The molecule has 2 aromatic heterocycles. The van der Waals surface area contributed by atoms with Gasteiger partial charge in [-0.1, -0.05) is 49.4 Å². The lowest BCUT2D eigenvalue weighted by molar-refractivity contribution is 0.0956. The predicted octanol–water partition coefficient (Wildman–Crippen LogP) is 4.62. The molecule has 1 amide bonds. The van der Waals surface area contributed by atoms with Crippen LogP contribution < -0.4 is 5.43 Å². The minimum atomic E-state index is -0.282. The van der Waals surface area contributed by atoms with E-state index < -0.39 is 0 Å². The molecule has 0 fully saturated rings. The Bertz CT molecular complexity index is 1170. The molecule has 2 heterocycles. The highest BCUT2D eigenvalue weighted by atomic mass is 16.2. The molecule has 0 radical (unpaired) electrons. The zero-order valence-corrected chi connectivity index (χ0v) is 16.0. The van der Waals surface area contributed by atoms with Crippen LogP contribution in [0.5, 0.6) is 0 Å². The van der Waals surface area contributed by atoms with Gasteiger partial charge >= 0.3 is 0 Å². The van der Waals surface area contributed by atoms with Crippen molar-refractivity contribution in [2.24, 2.45) is 5.10 Å². The van der Waals surface area contributed by atoms with Gasteiger partial charge < -0.3 is 0 Å². The highest BCUT2D eigenvalue weighted by molar-refractivity contribution is 6.07. The van der Waals surface area contributed by atoms with Crippen LogP contribution >= 0.6 is 0 Å². The number of benzene rings is 2. The summed E-state index contributed by atoms with van der Waals surface area (Å²) in [6.45, 7) is 2.11. The van der Waals surface area contributed by atoms with E-state index in [1.165, 1.54) is 5.56 Å². The van der Waals surface area contributed by atoms with Gasteiger partial charge in [-0.15, -0.1) is 0 Å². The van der Waals surface area contributed by atoms with Crippen LogP contribution in [0.4, 0.5) is 0 Å². The Morgan fingerprint density at radius 2 is 1.90 bits per heavy atom. The van der Waals surface area contributed by atoms with Crippen molar-refractivity contribution in [3.63, 3.8) is 0 Å². The maximum Gasteiger partial charge on any atom is 0.272 e. The number of aromatic nitrogens is 2. The molecule has 142 valence electrons. The molecule has 1 N–H and O–H groups in total. The lowest BCUT2D eigenvalue weighted by atomic mass is 10.0. The number of rotatable bonds is 5. The molecule has 5 nitrogen and oxygen atoms in total. The number of hydrogen-bond donors (Lipinski definition) is 1. The number of para-hydroxylation sites is 1. The van der Waals surface area contributed by atoms with E-state index in [9.17, 15) is 4.79 Å². The summed E-state index contributed by atoms with van der Waals surface area (Å²) in [6, 6.07) is 21.2. The molecule has 0 aliphatic rings. The molecule has 29 heavy (non-hydrogen) atoms. The minimum Gasteiger partial charge on any atom is -0.267 e. The Labute approximate surface area is 169 Å². The van der Waals surface area contributed by atoms with Crippen molar-refractivity contribution in [2.75, 3.05) is 0 Å². The van der Waals surface area contributed by atoms with E-state index in [0.717, 1.165) is 28.5 Å². The van der Waals surface area contributed by atoms with Gasteiger partial charge in [-0.05, 0) is 41.8 Å². The van der Waals surface area contributed by atoms with Gasteiger partial charge in [0.1, 0.15) is 0 Å². The average Bonchev–Trinajstić information content (AvgIpc) is 2.79. The monoisotopic (exact) mass is 380 g/mol. The summed E-state index contributed by atoms with van der Waals surface area (Å²) < 4.78 is 0. The third-order valence-electron chi connectivity index (χ3n) is 4.69. The van der Waals surface area contributed by atoms with Gasteiger partial charge in [0.2, 0.25) is 0 Å². The van der Waals surface area contributed by atoms with Gasteiger partial charge in [-0.2, -0.15) is 5.10 Å². The number of amides is 1. The third kappa shape index (κ3) is 4.19. The molecule has 2 aromatic carbocycles. The molecule has 0 atom stereocenters. The lowest BCUT2D eigenvalue weighted by Crippen LogP contribution is -2.18. The summed E-state index contributed by atoms with van der Waals surface area (Å²) in [6.07, 6.45) is 6.07. The smallest absolute Gasteiger partial charge is 0.267 e. The van der Waals surface area contributed by atoms with Gasteiger partial charge in [0.15, 0.2) is 0 Å². The predicted molar refractivity (Wildman–Crippen MR) is 116 cm³/mol. The summed E-state index contributed by atoms with van der Waals surface area (Å²) in [5, 5.41) is 4.90. The first-order chi connectivity index (χ1) is 14.2. The summed E-state index contributed by atoms with van der Waals surface area (Å²) >= 11 is 0. The standard InChI is InChI=1S/C24H20N4O/c1-2-17-9-11-18(12-10-17)15-26-28-24(29)21-14-23(19-6-5-13-25-16-19)27-22-8-4-3-7-20(21)22/h3-16H,2H2,1H3,(H,28,29). The normalized spacial score (nSPS) is 11.1. The van der Waals surface area contributed by atoms with E-state index in [1.807, 2.05) is 48.5 Å². The number of carbonyl (C=O) groups is 1. The maximum absolute atomic E-state index is 12.9. The van der Waals surface area contributed by atoms with Crippen LogP contribution in [0.2, 0.25) is 0 Å². The summed E-state index contributed by atoms with van der Waals surface area (Å²) in [5.74, 6) is -0.282. The number of nitrogens with one attached hydrogen (secondary N) is 1. The van der Waals surface area contributed by atoms with Crippen LogP contribution in [0.3, 0.4) is 0 Å². The second-order valence-corrected chi connectivity index (χ2v) is 6.61. The van der Waals surface area contributed by atoms with Crippen LogP contribution in [0.15, 0.2) is 84.2 Å². The highest BCUT2D eigenvalue weighted by Gasteiger charge is 2.13. The number of pyridine rings is 2. The fourth-order valence-electron chi connectivity index (χ4n) is 3.09. The molecule has 4 rings (SSSR count). The van der Waals surface area contributed by atoms with Crippen molar-refractivity contribution in [1.29, 1.82) is 0 Å². The third-order valence-corrected chi connectivity index (χ3v) is 4.69. The summed E-state index contributed by atoms with van der Waals surface area (Å²) in [5.41, 5.74) is 7.64. The molecule has 0 spiro atoms. The molecule has 0 aliphatic heterocycles. The number of hydrazone groups is 1. The van der Waals surface area contributed by atoms with Gasteiger partial charge in [0.05, 0.1) is 23.0 Å². The Hall–Kier alpha value is -3.86. The maximum atomic E-state index is 12.9. The largest absolute Gasteiger partial charge is 0.272 e. The highest BCUT2D eigenvalue weighted by Crippen LogP contribution is 2.24. The van der Waals surface area contributed by atoms with Crippen molar-refractivity contribution in [2.45, 2.75) is 13.3 Å². The Kier molecular flexibility index (Phi) is 5.38. The van der Waals surface area contributed by atoms with Crippen LogP contribution in [-0.2, 0) is 6.42 Å². The zero-order chi connectivity index (χ0) is 20.1. The van der Waals surface area contributed by atoms with Gasteiger partial charge in [0, 0.05) is 23.3 Å². The number of nitrogens with zero attached hydrogens (tertiary/aromatic N) is 3. The number of aryl methyl sites for hydroxylation is 1. The fraction of sp³-hybridized carbons (Fsp3) is 0.0833. The Balaban J connectivity index is 1.63. The van der Waals surface area contributed by atoms with E-state index in [0.29, 0.717) is 11.3 Å². The van der Waals surface area contributed by atoms with Gasteiger partial charge in [0.25, 0.3) is 5.91 Å². The van der Waals surface area contributed by atoms with Crippen molar-refractivity contribution < 1.29 is 4.79 Å². The van der Waals surface area contributed by atoms with Gasteiger partial charge in [-0.25, -0.2) is 10.4 Å². The van der Waals surface area contributed by atoms with Crippen molar-refractivity contribution in [3.8, 4) is 11.3 Å². The first kappa shape index (κ1) is 18.5. The molecular weight excluding hydrogens is 360 g/mol. The van der Waals surface area contributed by atoms with E-state index in [-0.39, 0.29) is 5.91 Å². The Morgan fingerprint density at radius 3 is 2.66 bits per heavy atom. The van der Waals surface area contributed by atoms with E-state index >= 15 is 0 Å². The van der Waals surface area contributed by atoms with Crippen LogP contribution in [0.25, 0.3) is 22.2 Å². The first-order valence-corrected chi connectivity index (χ1v) is 9.47. The van der Waals surface area contributed by atoms with Crippen molar-refractivity contribution in [1.82, 2.24) is 15.4 Å². The fourth-order valence-corrected chi connectivity index (χ4v) is 3.09. The first-order valence-electron chi connectivity index (χ1n) is 9.47. The quantitative estimate of drug-likeness (QED) is 0.406. The van der Waals surface area contributed by atoms with Crippen LogP contribution in [-0.4, -0.2) is 22.1 Å². The van der Waals surface area contributed by atoms with Crippen LogP contribution in [0.1, 0.15) is 28.4 Å². The molecule has 0 saturated heterocycles. The number of carbonyl (C=O) groups excluding carboxylic acids is 1. The van der Waals surface area contributed by atoms with Gasteiger partial charge in [-0.3, -0.25) is 9.78 Å². The number of fused-ring (bicyclic) bond motifs is 1. The van der Waals surface area contributed by atoms with Crippen molar-refractivity contribution >= 4 is 23.0 Å². The van der Waals surface area contributed by atoms with Crippen LogP contribution in [0, 0.1) is 0 Å². The molecule has 0 aliphatic carbocycles. The second kappa shape index (κ2) is 8.44. The zero-order valence-electron chi connectivity index (χ0n) is 16.0. The topological polar surface area (TPSA) is 67.2 Å².